The van der Waals surface area contributed by atoms with E-state index in [4.69, 9.17) is 16.3 Å². The summed E-state index contributed by atoms with van der Waals surface area (Å²) >= 11 is 5.96. The van der Waals surface area contributed by atoms with Crippen LogP contribution in [-0.4, -0.2) is 11.6 Å². The van der Waals surface area contributed by atoms with E-state index in [9.17, 15) is 0 Å². The molecular formula is C15H17ClN2O. The van der Waals surface area contributed by atoms with Gasteiger partial charge in [0.1, 0.15) is 0 Å². The molecule has 1 N–H and O–H groups in total. The Morgan fingerprint density at radius 1 is 1.26 bits per heavy atom. The fourth-order valence-electron chi connectivity index (χ4n) is 1.68. The average molecular weight is 277 g/mol. The van der Waals surface area contributed by atoms with Crippen molar-refractivity contribution >= 4 is 17.4 Å². The summed E-state index contributed by atoms with van der Waals surface area (Å²) in [6.07, 6.45) is 2.72. The van der Waals surface area contributed by atoms with Crippen molar-refractivity contribution in [3.63, 3.8) is 0 Å². The predicted molar refractivity (Wildman–Crippen MR) is 78.8 cm³/mol. The second-order valence-electron chi connectivity index (χ2n) is 4.18. The molecule has 0 unspecified atom stereocenters. The minimum Gasteiger partial charge on any atom is -0.490 e. The van der Waals surface area contributed by atoms with Gasteiger partial charge in [0, 0.05) is 17.8 Å². The third-order valence-corrected chi connectivity index (χ3v) is 2.82. The summed E-state index contributed by atoms with van der Waals surface area (Å²) in [6, 6.07) is 11.5. The summed E-state index contributed by atoms with van der Waals surface area (Å²) in [5.41, 5.74) is 1.11. The smallest absolute Gasteiger partial charge is 0.169 e. The van der Waals surface area contributed by atoms with Gasteiger partial charge in [0.2, 0.25) is 0 Å². The molecule has 0 radical (unpaired) electrons. The quantitative estimate of drug-likeness (QED) is 0.861. The molecule has 0 saturated carbocycles. The van der Waals surface area contributed by atoms with Crippen LogP contribution in [0.15, 0.2) is 42.6 Å². The van der Waals surface area contributed by atoms with Gasteiger partial charge >= 0.3 is 0 Å². The zero-order valence-corrected chi connectivity index (χ0v) is 11.7. The van der Waals surface area contributed by atoms with E-state index in [0.717, 1.165) is 28.6 Å². The minimum absolute atomic E-state index is 0.667. The molecule has 0 fully saturated rings. The second kappa shape index (κ2) is 7.00. The van der Waals surface area contributed by atoms with Crippen LogP contribution < -0.4 is 10.1 Å². The van der Waals surface area contributed by atoms with Crippen LogP contribution in [-0.2, 0) is 6.54 Å². The van der Waals surface area contributed by atoms with E-state index in [1.54, 1.807) is 6.20 Å². The standard InChI is InChI=1S/C15H17ClN2O/c1-2-9-19-14-7-4-8-17-15(14)18-11-12-5-3-6-13(16)10-12/h3-8,10H,2,9,11H2,1H3,(H,17,18). The Bertz CT molecular complexity index is 531. The molecule has 0 aliphatic heterocycles. The van der Waals surface area contributed by atoms with Gasteiger partial charge in [0.05, 0.1) is 6.61 Å². The maximum atomic E-state index is 5.96. The summed E-state index contributed by atoms with van der Waals surface area (Å²) in [4.78, 5) is 4.30. The van der Waals surface area contributed by atoms with Crippen molar-refractivity contribution in [2.75, 3.05) is 11.9 Å². The van der Waals surface area contributed by atoms with Gasteiger partial charge in [-0.25, -0.2) is 4.98 Å². The number of nitrogens with zero attached hydrogens (tertiary/aromatic N) is 1. The number of hydrogen-bond acceptors (Lipinski definition) is 3. The Morgan fingerprint density at radius 2 is 2.16 bits per heavy atom. The highest BCUT2D eigenvalue weighted by Gasteiger charge is 2.04. The number of rotatable bonds is 6. The molecule has 0 bridgehead atoms. The molecule has 3 nitrogen and oxygen atoms in total. The summed E-state index contributed by atoms with van der Waals surface area (Å²) < 4.78 is 5.65. The molecule has 0 amide bonds. The van der Waals surface area contributed by atoms with Crippen molar-refractivity contribution in [2.24, 2.45) is 0 Å². The van der Waals surface area contributed by atoms with Crippen LogP contribution >= 0.6 is 11.6 Å². The molecule has 4 heteroatoms. The Balaban J connectivity index is 2.02. The molecule has 0 atom stereocenters. The van der Waals surface area contributed by atoms with Gasteiger partial charge < -0.3 is 10.1 Å². The molecule has 2 rings (SSSR count). The van der Waals surface area contributed by atoms with Crippen LogP contribution in [0.2, 0.25) is 5.02 Å². The van der Waals surface area contributed by atoms with Crippen LogP contribution in [0.3, 0.4) is 0 Å². The van der Waals surface area contributed by atoms with Gasteiger partial charge in [0.15, 0.2) is 11.6 Å². The minimum atomic E-state index is 0.667. The lowest BCUT2D eigenvalue weighted by molar-refractivity contribution is 0.318. The van der Waals surface area contributed by atoms with Gasteiger partial charge in [-0.15, -0.1) is 0 Å². The molecule has 0 saturated heterocycles. The number of benzene rings is 1. The van der Waals surface area contributed by atoms with Crippen LogP contribution in [0.4, 0.5) is 5.82 Å². The topological polar surface area (TPSA) is 34.1 Å². The zero-order valence-electron chi connectivity index (χ0n) is 10.9. The lowest BCUT2D eigenvalue weighted by Gasteiger charge is -2.11. The van der Waals surface area contributed by atoms with Crippen LogP contribution in [0.1, 0.15) is 18.9 Å². The fraction of sp³-hybridized carbons (Fsp3) is 0.267. The van der Waals surface area contributed by atoms with Crippen molar-refractivity contribution in [3.05, 3.63) is 53.2 Å². The fourth-order valence-corrected chi connectivity index (χ4v) is 1.90. The molecule has 0 spiro atoms. The van der Waals surface area contributed by atoms with Crippen molar-refractivity contribution in [2.45, 2.75) is 19.9 Å². The van der Waals surface area contributed by atoms with Gasteiger partial charge in [0.25, 0.3) is 0 Å². The third kappa shape index (κ3) is 4.14. The number of ether oxygens (including phenoxy) is 1. The first-order valence-corrected chi connectivity index (χ1v) is 6.73. The molecule has 19 heavy (non-hydrogen) atoms. The molecule has 1 aromatic heterocycles. The highest BCUT2D eigenvalue weighted by Crippen LogP contribution is 2.22. The highest BCUT2D eigenvalue weighted by atomic mass is 35.5. The summed E-state index contributed by atoms with van der Waals surface area (Å²) in [5.74, 6) is 1.54. The van der Waals surface area contributed by atoms with Gasteiger partial charge in [-0.3, -0.25) is 0 Å². The first-order valence-electron chi connectivity index (χ1n) is 6.35. The molecule has 0 aliphatic rings. The number of hydrogen-bond donors (Lipinski definition) is 1. The first kappa shape index (κ1) is 13.7. The van der Waals surface area contributed by atoms with Crippen LogP contribution in [0.5, 0.6) is 5.75 Å². The van der Waals surface area contributed by atoms with Crippen LogP contribution in [0.25, 0.3) is 0 Å². The van der Waals surface area contributed by atoms with Crippen molar-refractivity contribution in [1.82, 2.24) is 4.98 Å². The Hall–Kier alpha value is -1.74. The van der Waals surface area contributed by atoms with E-state index in [2.05, 4.69) is 17.2 Å². The second-order valence-corrected chi connectivity index (χ2v) is 4.62. The predicted octanol–water partition coefficient (Wildman–Crippen LogP) is 4.14. The first-order chi connectivity index (χ1) is 9.29. The van der Waals surface area contributed by atoms with E-state index in [-0.39, 0.29) is 0 Å². The zero-order chi connectivity index (χ0) is 13.5. The number of nitrogens with one attached hydrogen (secondary N) is 1. The normalized spacial score (nSPS) is 10.2. The molecule has 100 valence electrons. The highest BCUT2D eigenvalue weighted by molar-refractivity contribution is 6.30. The third-order valence-electron chi connectivity index (χ3n) is 2.58. The lowest BCUT2D eigenvalue weighted by atomic mass is 10.2. The van der Waals surface area contributed by atoms with Crippen molar-refractivity contribution in [3.8, 4) is 5.75 Å². The van der Waals surface area contributed by atoms with E-state index in [1.807, 2.05) is 36.4 Å². The Morgan fingerprint density at radius 3 is 2.95 bits per heavy atom. The number of anilines is 1. The molecule has 1 heterocycles. The van der Waals surface area contributed by atoms with Gasteiger partial charge in [-0.1, -0.05) is 30.7 Å². The maximum Gasteiger partial charge on any atom is 0.169 e. The van der Waals surface area contributed by atoms with Gasteiger partial charge in [-0.2, -0.15) is 0 Å². The number of pyridine rings is 1. The Labute approximate surface area is 118 Å². The van der Waals surface area contributed by atoms with E-state index >= 15 is 0 Å². The van der Waals surface area contributed by atoms with E-state index in [0.29, 0.717) is 13.2 Å². The summed E-state index contributed by atoms with van der Waals surface area (Å²) in [5, 5.41) is 4.01. The maximum absolute atomic E-state index is 5.96. The van der Waals surface area contributed by atoms with Gasteiger partial charge in [-0.05, 0) is 36.2 Å². The van der Waals surface area contributed by atoms with Crippen molar-refractivity contribution < 1.29 is 4.74 Å². The molecule has 2 aromatic rings. The van der Waals surface area contributed by atoms with E-state index in [1.165, 1.54) is 0 Å². The Kier molecular flexibility index (Phi) is 5.04. The molecule has 1 aromatic carbocycles. The number of aromatic nitrogens is 1. The SMILES string of the molecule is CCCOc1cccnc1NCc1cccc(Cl)c1. The molecule has 0 aliphatic carbocycles. The number of halogens is 1. The average Bonchev–Trinajstić information content (AvgIpc) is 2.44. The van der Waals surface area contributed by atoms with Crippen molar-refractivity contribution in [1.29, 1.82) is 0 Å². The lowest BCUT2D eigenvalue weighted by Crippen LogP contribution is -2.05. The summed E-state index contributed by atoms with van der Waals surface area (Å²) in [6.45, 7) is 3.44. The molecular weight excluding hydrogens is 260 g/mol. The van der Waals surface area contributed by atoms with E-state index < -0.39 is 0 Å². The monoisotopic (exact) mass is 276 g/mol. The largest absolute Gasteiger partial charge is 0.490 e. The van der Waals surface area contributed by atoms with Crippen LogP contribution in [0, 0.1) is 0 Å². The summed E-state index contributed by atoms with van der Waals surface area (Å²) in [7, 11) is 0.